The van der Waals surface area contributed by atoms with Crippen LogP contribution in [0, 0.1) is 6.92 Å². The summed E-state index contributed by atoms with van der Waals surface area (Å²) in [6, 6.07) is 12.8. The van der Waals surface area contributed by atoms with Crippen LogP contribution in [0.5, 0.6) is 0 Å². The van der Waals surface area contributed by atoms with Crippen LogP contribution in [0.25, 0.3) is 0 Å². The van der Waals surface area contributed by atoms with Gasteiger partial charge in [-0.25, -0.2) is 0 Å². The van der Waals surface area contributed by atoms with Crippen molar-refractivity contribution in [2.45, 2.75) is 26.4 Å². The SMILES string of the molecule is CNC(C)c1ccccc1N(C)Cc1ccc(C)o1. The van der Waals surface area contributed by atoms with Crippen LogP contribution in [0.2, 0.25) is 0 Å². The van der Waals surface area contributed by atoms with E-state index < -0.39 is 0 Å². The van der Waals surface area contributed by atoms with E-state index in [2.05, 4.69) is 48.5 Å². The van der Waals surface area contributed by atoms with Crippen molar-refractivity contribution >= 4 is 5.69 Å². The van der Waals surface area contributed by atoms with Crippen LogP contribution < -0.4 is 10.2 Å². The Morgan fingerprint density at radius 2 is 1.95 bits per heavy atom. The van der Waals surface area contributed by atoms with Crippen LogP contribution in [-0.4, -0.2) is 14.1 Å². The summed E-state index contributed by atoms with van der Waals surface area (Å²) in [4.78, 5) is 2.22. The first kappa shape index (κ1) is 13.7. The maximum atomic E-state index is 5.65. The predicted molar refractivity (Wildman–Crippen MR) is 79.5 cm³/mol. The van der Waals surface area contributed by atoms with Gasteiger partial charge >= 0.3 is 0 Å². The number of benzene rings is 1. The summed E-state index contributed by atoms with van der Waals surface area (Å²) in [6.45, 7) is 4.92. The molecule has 1 atom stereocenters. The Morgan fingerprint density at radius 3 is 2.58 bits per heavy atom. The third kappa shape index (κ3) is 3.18. The van der Waals surface area contributed by atoms with Gasteiger partial charge in [0.05, 0.1) is 6.54 Å². The van der Waals surface area contributed by atoms with Gasteiger partial charge in [0.2, 0.25) is 0 Å². The molecular weight excluding hydrogens is 236 g/mol. The van der Waals surface area contributed by atoms with Crippen LogP contribution in [0.15, 0.2) is 40.8 Å². The van der Waals surface area contributed by atoms with Gasteiger partial charge in [0.1, 0.15) is 11.5 Å². The molecule has 2 aromatic rings. The predicted octanol–water partition coefficient (Wildman–Crippen LogP) is 3.50. The van der Waals surface area contributed by atoms with Crippen molar-refractivity contribution in [1.29, 1.82) is 0 Å². The number of nitrogens with zero attached hydrogens (tertiary/aromatic N) is 1. The van der Waals surface area contributed by atoms with E-state index in [9.17, 15) is 0 Å². The molecule has 1 aromatic heterocycles. The molecule has 3 heteroatoms. The molecule has 1 N–H and O–H groups in total. The highest BCUT2D eigenvalue weighted by Crippen LogP contribution is 2.26. The van der Waals surface area contributed by atoms with E-state index in [0.29, 0.717) is 6.04 Å². The summed E-state index contributed by atoms with van der Waals surface area (Å²) >= 11 is 0. The summed E-state index contributed by atoms with van der Waals surface area (Å²) in [5, 5.41) is 3.29. The van der Waals surface area contributed by atoms with Gasteiger partial charge in [-0.1, -0.05) is 18.2 Å². The second kappa shape index (κ2) is 5.93. The Morgan fingerprint density at radius 1 is 1.21 bits per heavy atom. The first-order chi connectivity index (χ1) is 9.11. The van der Waals surface area contributed by atoms with E-state index in [1.807, 2.05) is 26.1 Å². The smallest absolute Gasteiger partial charge is 0.123 e. The van der Waals surface area contributed by atoms with E-state index in [1.165, 1.54) is 11.3 Å². The van der Waals surface area contributed by atoms with Gasteiger partial charge < -0.3 is 14.6 Å². The minimum Gasteiger partial charge on any atom is -0.464 e. The van der Waals surface area contributed by atoms with Crippen LogP contribution in [-0.2, 0) is 6.54 Å². The molecule has 1 unspecified atom stereocenters. The normalized spacial score (nSPS) is 12.4. The lowest BCUT2D eigenvalue weighted by Crippen LogP contribution is -2.21. The van der Waals surface area contributed by atoms with E-state index >= 15 is 0 Å². The number of para-hydroxylation sites is 1. The summed E-state index contributed by atoms with van der Waals surface area (Å²) in [5.74, 6) is 1.95. The largest absolute Gasteiger partial charge is 0.464 e. The van der Waals surface area contributed by atoms with Crippen molar-refractivity contribution in [1.82, 2.24) is 5.32 Å². The molecule has 0 aliphatic carbocycles. The highest BCUT2D eigenvalue weighted by molar-refractivity contribution is 5.54. The fraction of sp³-hybridized carbons (Fsp3) is 0.375. The lowest BCUT2D eigenvalue weighted by atomic mass is 10.1. The molecule has 0 radical (unpaired) electrons. The van der Waals surface area contributed by atoms with Gasteiger partial charge in [-0.05, 0) is 44.7 Å². The molecule has 19 heavy (non-hydrogen) atoms. The molecule has 0 saturated carbocycles. The number of aryl methyl sites for hydroxylation is 1. The molecule has 0 amide bonds. The molecule has 3 nitrogen and oxygen atoms in total. The highest BCUT2D eigenvalue weighted by Gasteiger charge is 2.12. The number of rotatable bonds is 5. The molecule has 1 heterocycles. The molecular formula is C16H22N2O. The Hall–Kier alpha value is -1.74. The molecule has 0 bridgehead atoms. The first-order valence-electron chi connectivity index (χ1n) is 6.64. The van der Waals surface area contributed by atoms with Crippen LogP contribution >= 0.6 is 0 Å². The molecule has 0 fully saturated rings. The Bertz CT molecular complexity index is 533. The van der Waals surface area contributed by atoms with Crippen molar-refractivity contribution in [3.63, 3.8) is 0 Å². The average Bonchev–Trinajstić information content (AvgIpc) is 2.83. The summed E-state index contributed by atoms with van der Waals surface area (Å²) in [6.07, 6.45) is 0. The molecule has 0 saturated heterocycles. The standard InChI is InChI=1S/C16H22N2O/c1-12-9-10-14(19-12)11-18(4)16-8-6-5-7-15(16)13(2)17-3/h5-10,13,17H,11H2,1-4H3. The van der Waals surface area contributed by atoms with E-state index in [-0.39, 0.29) is 0 Å². The first-order valence-corrected chi connectivity index (χ1v) is 6.64. The molecule has 2 rings (SSSR count). The van der Waals surface area contributed by atoms with E-state index in [4.69, 9.17) is 4.42 Å². The van der Waals surface area contributed by atoms with Crippen LogP contribution in [0.4, 0.5) is 5.69 Å². The maximum absolute atomic E-state index is 5.65. The van der Waals surface area contributed by atoms with Crippen molar-refractivity contribution in [3.05, 3.63) is 53.5 Å². The number of hydrogen-bond acceptors (Lipinski definition) is 3. The zero-order valence-corrected chi connectivity index (χ0v) is 12.1. The minimum absolute atomic E-state index is 0.331. The van der Waals surface area contributed by atoms with Crippen LogP contribution in [0.3, 0.4) is 0 Å². The zero-order valence-electron chi connectivity index (χ0n) is 12.1. The Balaban J connectivity index is 2.21. The second-order valence-electron chi connectivity index (χ2n) is 4.94. The van der Waals surface area contributed by atoms with E-state index in [0.717, 1.165) is 18.1 Å². The van der Waals surface area contributed by atoms with Gasteiger partial charge in [-0.15, -0.1) is 0 Å². The minimum atomic E-state index is 0.331. The fourth-order valence-electron chi connectivity index (χ4n) is 2.25. The molecule has 0 aliphatic heterocycles. The third-order valence-corrected chi connectivity index (χ3v) is 3.44. The topological polar surface area (TPSA) is 28.4 Å². The van der Waals surface area contributed by atoms with Crippen molar-refractivity contribution in [2.75, 3.05) is 19.0 Å². The van der Waals surface area contributed by atoms with E-state index in [1.54, 1.807) is 0 Å². The van der Waals surface area contributed by atoms with Gasteiger partial charge in [0.15, 0.2) is 0 Å². The average molecular weight is 258 g/mol. The number of hydrogen-bond donors (Lipinski definition) is 1. The van der Waals surface area contributed by atoms with Gasteiger partial charge in [-0.2, -0.15) is 0 Å². The Labute approximate surface area is 115 Å². The molecule has 1 aromatic carbocycles. The van der Waals surface area contributed by atoms with Crippen molar-refractivity contribution < 1.29 is 4.42 Å². The summed E-state index contributed by atoms with van der Waals surface area (Å²) in [5.41, 5.74) is 2.54. The lowest BCUT2D eigenvalue weighted by molar-refractivity contribution is 0.481. The fourth-order valence-corrected chi connectivity index (χ4v) is 2.25. The van der Waals surface area contributed by atoms with Crippen molar-refractivity contribution in [2.24, 2.45) is 0 Å². The molecule has 102 valence electrons. The van der Waals surface area contributed by atoms with Gasteiger partial charge in [0, 0.05) is 18.8 Å². The summed E-state index contributed by atoms with van der Waals surface area (Å²) < 4.78 is 5.65. The molecule has 0 spiro atoms. The number of nitrogens with one attached hydrogen (secondary N) is 1. The maximum Gasteiger partial charge on any atom is 0.123 e. The number of anilines is 1. The third-order valence-electron chi connectivity index (χ3n) is 3.44. The van der Waals surface area contributed by atoms with Crippen molar-refractivity contribution in [3.8, 4) is 0 Å². The van der Waals surface area contributed by atoms with Gasteiger partial charge in [-0.3, -0.25) is 0 Å². The second-order valence-corrected chi connectivity index (χ2v) is 4.94. The monoisotopic (exact) mass is 258 g/mol. The van der Waals surface area contributed by atoms with Gasteiger partial charge in [0.25, 0.3) is 0 Å². The van der Waals surface area contributed by atoms with Crippen LogP contribution in [0.1, 0.15) is 30.0 Å². The lowest BCUT2D eigenvalue weighted by Gasteiger charge is -2.24. The molecule has 0 aliphatic rings. The zero-order chi connectivity index (χ0) is 13.8. The number of furan rings is 1. The Kier molecular flexibility index (Phi) is 4.27. The summed E-state index contributed by atoms with van der Waals surface area (Å²) in [7, 11) is 4.08. The quantitative estimate of drug-likeness (QED) is 0.889. The highest BCUT2D eigenvalue weighted by atomic mass is 16.3.